The summed E-state index contributed by atoms with van der Waals surface area (Å²) in [6.45, 7) is 4.72. The first-order valence-corrected chi connectivity index (χ1v) is 9.55. The normalized spacial score (nSPS) is 15.8. The zero-order valence-electron chi connectivity index (χ0n) is 14.8. The topological polar surface area (TPSA) is 51.2 Å². The minimum absolute atomic E-state index is 0.0257. The number of carbonyl (C=O) groups excluding carboxylic acids is 1. The Morgan fingerprint density at radius 1 is 1.23 bits per heavy atom. The number of ether oxygens (including phenoxy) is 1. The number of carbonyl (C=O) groups is 1. The van der Waals surface area contributed by atoms with E-state index >= 15 is 0 Å². The van der Waals surface area contributed by atoms with Gasteiger partial charge in [-0.3, -0.25) is 4.79 Å². The fourth-order valence-electron chi connectivity index (χ4n) is 3.36. The van der Waals surface area contributed by atoms with Crippen LogP contribution in [-0.4, -0.2) is 17.5 Å². The van der Waals surface area contributed by atoms with E-state index in [0.29, 0.717) is 18.2 Å². The van der Waals surface area contributed by atoms with E-state index in [9.17, 15) is 4.79 Å². The second-order valence-electron chi connectivity index (χ2n) is 6.57. The first-order chi connectivity index (χ1) is 12.6. The quantitative estimate of drug-likeness (QED) is 0.717. The Kier molecular flexibility index (Phi) is 4.47. The highest BCUT2D eigenvalue weighted by Gasteiger charge is 2.28. The van der Waals surface area contributed by atoms with Gasteiger partial charge in [-0.1, -0.05) is 42.0 Å². The average Bonchev–Trinajstić information content (AvgIpc) is 3.09. The summed E-state index contributed by atoms with van der Waals surface area (Å²) in [6, 6.07) is 14.1. The van der Waals surface area contributed by atoms with E-state index in [0.717, 1.165) is 22.6 Å². The predicted octanol–water partition coefficient (Wildman–Crippen LogP) is 4.93. The van der Waals surface area contributed by atoms with Crippen molar-refractivity contribution in [3.63, 3.8) is 0 Å². The van der Waals surface area contributed by atoms with Crippen LogP contribution in [0.3, 0.4) is 0 Å². The van der Waals surface area contributed by atoms with Gasteiger partial charge in [0.05, 0.1) is 18.2 Å². The fraction of sp³-hybridized carbons (Fsp3) is 0.238. The summed E-state index contributed by atoms with van der Waals surface area (Å²) >= 11 is 1.46. The lowest BCUT2D eigenvalue weighted by atomic mass is 9.92. The van der Waals surface area contributed by atoms with Gasteiger partial charge in [-0.2, -0.15) is 0 Å². The van der Waals surface area contributed by atoms with Crippen molar-refractivity contribution in [3.8, 4) is 17.0 Å². The van der Waals surface area contributed by atoms with Gasteiger partial charge in [0.1, 0.15) is 5.75 Å². The summed E-state index contributed by atoms with van der Waals surface area (Å²) in [6.07, 6.45) is 0.679. The van der Waals surface area contributed by atoms with Crippen molar-refractivity contribution in [2.24, 2.45) is 0 Å². The molecule has 0 radical (unpaired) electrons. The number of para-hydroxylation sites is 1. The van der Waals surface area contributed by atoms with E-state index in [2.05, 4.69) is 42.3 Å². The molecule has 1 unspecified atom stereocenters. The standard InChI is InChI=1S/C21H20N2O2S/c1-13-7-8-15(14(2)11-13)18-12-26-21(22-18)23-20(24)17-9-10-25-19-6-4-3-5-16(17)19/h3-8,11-12,17H,9-10H2,1-2H3,(H,22,23,24). The maximum atomic E-state index is 12.8. The molecule has 0 aliphatic carbocycles. The van der Waals surface area contributed by atoms with Crippen LogP contribution in [0.25, 0.3) is 11.3 Å². The number of rotatable bonds is 3. The lowest BCUT2D eigenvalue weighted by Gasteiger charge is -2.24. The summed E-state index contributed by atoms with van der Waals surface area (Å²) < 4.78 is 5.65. The fourth-order valence-corrected chi connectivity index (χ4v) is 4.08. The number of aromatic nitrogens is 1. The van der Waals surface area contributed by atoms with Crippen LogP contribution in [0, 0.1) is 13.8 Å². The van der Waals surface area contributed by atoms with E-state index in [1.807, 2.05) is 29.6 Å². The Morgan fingerprint density at radius 2 is 2.08 bits per heavy atom. The van der Waals surface area contributed by atoms with Crippen LogP contribution in [0.4, 0.5) is 5.13 Å². The molecule has 1 aliphatic heterocycles. The van der Waals surface area contributed by atoms with E-state index in [1.165, 1.54) is 22.5 Å². The van der Waals surface area contributed by atoms with E-state index < -0.39 is 0 Å². The largest absolute Gasteiger partial charge is 0.493 e. The predicted molar refractivity (Wildman–Crippen MR) is 105 cm³/mol. The Labute approximate surface area is 156 Å². The van der Waals surface area contributed by atoms with Crippen molar-refractivity contribution in [1.82, 2.24) is 4.98 Å². The van der Waals surface area contributed by atoms with Crippen LogP contribution < -0.4 is 10.1 Å². The Hall–Kier alpha value is -2.66. The molecule has 1 aliphatic rings. The van der Waals surface area contributed by atoms with Crippen molar-refractivity contribution in [1.29, 1.82) is 0 Å². The first-order valence-electron chi connectivity index (χ1n) is 8.67. The maximum absolute atomic E-state index is 12.8. The van der Waals surface area contributed by atoms with Gasteiger partial charge in [0.15, 0.2) is 5.13 Å². The van der Waals surface area contributed by atoms with Gasteiger partial charge in [-0.05, 0) is 31.9 Å². The van der Waals surface area contributed by atoms with Crippen LogP contribution in [0.1, 0.15) is 29.0 Å². The zero-order valence-corrected chi connectivity index (χ0v) is 15.6. The second-order valence-corrected chi connectivity index (χ2v) is 7.43. The first kappa shape index (κ1) is 16.8. The average molecular weight is 364 g/mol. The second kappa shape index (κ2) is 6.92. The van der Waals surface area contributed by atoms with Crippen LogP contribution in [0.5, 0.6) is 5.75 Å². The Balaban J connectivity index is 1.54. The highest BCUT2D eigenvalue weighted by atomic mass is 32.1. The van der Waals surface area contributed by atoms with Crippen molar-refractivity contribution >= 4 is 22.4 Å². The third-order valence-corrected chi connectivity index (χ3v) is 5.42. The Bertz CT molecular complexity index is 964. The van der Waals surface area contributed by atoms with Crippen molar-refractivity contribution in [2.75, 3.05) is 11.9 Å². The molecule has 3 aromatic rings. The summed E-state index contributed by atoms with van der Waals surface area (Å²) in [7, 11) is 0. The number of anilines is 1. The number of aryl methyl sites for hydroxylation is 2. The van der Waals surface area contributed by atoms with Crippen LogP contribution in [0.2, 0.25) is 0 Å². The van der Waals surface area contributed by atoms with Gasteiger partial charge in [0.2, 0.25) is 5.91 Å². The number of nitrogens with one attached hydrogen (secondary N) is 1. The number of hydrogen-bond donors (Lipinski definition) is 1. The SMILES string of the molecule is Cc1ccc(-c2csc(NC(=O)C3CCOc4ccccc43)n2)c(C)c1. The van der Waals surface area contributed by atoms with Gasteiger partial charge in [0, 0.05) is 16.5 Å². The van der Waals surface area contributed by atoms with Gasteiger partial charge in [-0.25, -0.2) is 4.98 Å². The van der Waals surface area contributed by atoms with Crippen LogP contribution >= 0.6 is 11.3 Å². The molecule has 0 fully saturated rings. The van der Waals surface area contributed by atoms with Crippen molar-refractivity contribution in [3.05, 3.63) is 64.5 Å². The summed E-state index contributed by atoms with van der Waals surface area (Å²) in [4.78, 5) is 17.4. The molecule has 1 amide bonds. The number of hydrogen-bond acceptors (Lipinski definition) is 4. The molecule has 0 saturated carbocycles. The monoisotopic (exact) mass is 364 g/mol. The van der Waals surface area contributed by atoms with E-state index in [4.69, 9.17) is 4.74 Å². The third kappa shape index (κ3) is 3.22. The highest BCUT2D eigenvalue weighted by molar-refractivity contribution is 7.14. The number of nitrogens with zero attached hydrogens (tertiary/aromatic N) is 1. The minimum atomic E-state index is -0.201. The molecule has 1 atom stereocenters. The van der Waals surface area contributed by atoms with Gasteiger partial charge in [0.25, 0.3) is 0 Å². The number of amides is 1. The molecule has 1 aromatic heterocycles. The molecule has 0 saturated heterocycles. The molecule has 2 aromatic carbocycles. The minimum Gasteiger partial charge on any atom is -0.493 e. The molecule has 4 nitrogen and oxygen atoms in total. The number of fused-ring (bicyclic) bond motifs is 1. The van der Waals surface area contributed by atoms with Crippen LogP contribution in [0.15, 0.2) is 47.8 Å². The molecule has 0 spiro atoms. The zero-order chi connectivity index (χ0) is 18.1. The number of benzene rings is 2. The smallest absolute Gasteiger partial charge is 0.233 e. The van der Waals surface area contributed by atoms with Crippen molar-refractivity contribution < 1.29 is 9.53 Å². The lowest BCUT2D eigenvalue weighted by Crippen LogP contribution is -2.26. The maximum Gasteiger partial charge on any atom is 0.233 e. The molecular weight excluding hydrogens is 344 g/mol. The van der Waals surface area contributed by atoms with E-state index in [1.54, 1.807) is 0 Å². The van der Waals surface area contributed by atoms with Crippen LogP contribution in [-0.2, 0) is 4.79 Å². The van der Waals surface area contributed by atoms with Crippen molar-refractivity contribution in [2.45, 2.75) is 26.2 Å². The van der Waals surface area contributed by atoms with E-state index in [-0.39, 0.29) is 11.8 Å². The lowest BCUT2D eigenvalue weighted by molar-refractivity contribution is -0.118. The molecule has 26 heavy (non-hydrogen) atoms. The summed E-state index contributed by atoms with van der Waals surface area (Å²) in [5.41, 5.74) is 5.36. The summed E-state index contributed by atoms with van der Waals surface area (Å²) in [5, 5.41) is 5.61. The molecule has 2 heterocycles. The van der Waals surface area contributed by atoms with Gasteiger partial charge < -0.3 is 10.1 Å². The molecule has 5 heteroatoms. The third-order valence-electron chi connectivity index (χ3n) is 4.67. The molecule has 1 N–H and O–H groups in total. The highest BCUT2D eigenvalue weighted by Crippen LogP contribution is 2.35. The van der Waals surface area contributed by atoms with Gasteiger partial charge >= 0.3 is 0 Å². The Morgan fingerprint density at radius 3 is 2.92 bits per heavy atom. The number of thiazole rings is 1. The van der Waals surface area contributed by atoms with Gasteiger partial charge in [-0.15, -0.1) is 11.3 Å². The summed E-state index contributed by atoms with van der Waals surface area (Å²) in [5.74, 6) is 0.574. The molecule has 0 bridgehead atoms. The molecule has 4 rings (SSSR count). The molecular formula is C21H20N2O2S. The molecule has 132 valence electrons.